The van der Waals surface area contributed by atoms with Gasteiger partial charge in [0.25, 0.3) is 0 Å². The average molecular weight is 1140 g/mol. The summed E-state index contributed by atoms with van der Waals surface area (Å²) in [7, 11) is 0. The van der Waals surface area contributed by atoms with Gasteiger partial charge in [0.2, 0.25) is 0 Å². The third-order valence-electron chi connectivity index (χ3n) is 15.6. The van der Waals surface area contributed by atoms with Gasteiger partial charge in [0.15, 0.2) is 6.10 Å². The molecule has 0 heterocycles. The van der Waals surface area contributed by atoms with Crippen LogP contribution in [0.1, 0.15) is 361 Å². The van der Waals surface area contributed by atoms with E-state index in [0.717, 1.165) is 96.3 Å². The van der Waals surface area contributed by atoms with Crippen LogP contribution >= 0.6 is 0 Å². The van der Waals surface area contributed by atoms with Crippen molar-refractivity contribution in [3.63, 3.8) is 0 Å². The van der Waals surface area contributed by atoms with E-state index in [4.69, 9.17) is 14.2 Å². The van der Waals surface area contributed by atoms with Gasteiger partial charge in [0.05, 0.1) is 0 Å². The Morgan fingerprint density at radius 2 is 0.476 bits per heavy atom. The Balaban J connectivity index is 4.18. The quantitative estimate of drug-likeness (QED) is 0.0261. The Morgan fingerprint density at radius 3 is 0.744 bits per heavy atom. The summed E-state index contributed by atoms with van der Waals surface area (Å²) in [5.41, 5.74) is 0. The molecule has 0 aromatic rings. The molecule has 0 aromatic carbocycles. The van der Waals surface area contributed by atoms with Crippen molar-refractivity contribution in [3.8, 4) is 0 Å². The Kier molecular flexibility index (Phi) is 67.2. The zero-order valence-corrected chi connectivity index (χ0v) is 54.5. The van der Waals surface area contributed by atoms with Crippen LogP contribution in [0.15, 0.2) is 85.1 Å². The van der Waals surface area contributed by atoms with Crippen LogP contribution in [0, 0.1) is 0 Å². The third-order valence-corrected chi connectivity index (χ3v) is 15.6. The van der Waals surface area contributed by atoms with Crippen LogP contribution in [0.4, 0.5) is 0 Å². The highest BCUT2D eigenvalue weighted by atomic mass is 16.6. The first-order chi connectivity index (χ1) is 40.5. The molecule has 0 aromatic heterocycles. The van der Waals surface area contributed by atoms with E-state index < -0.39 is 6.10 Å². The lowest BCUT2D eigenvalue weighted by molar-refractivity contribution is -0.167. The molecular formula is C76H134O6. The monoisotopic (exact) mass is 1140 g/mol. The minimum absolute atomic E-state index is 0.0727. The van der Waals surface area contributed by atoms with Crippen molar-refractivity contribution >= 4 is 17.9 Å². The van der Waals surface area contributed by atoms with E-state index in [2.05, 4.69) is 106 Å². The van der Waals surface area contributed by atoms with Crippen molar-refractivity contribution in [1.82, 2.24) is 0 Å². The summed E-state index contributed by atoms with van der Waals surface area (Å²) in [6.45, 7) is 6.55. The van der Waals surface area contributed by atoms with Gasteiger partial charge in [-0.1, -0.05) is 331 Å². The van der Waals surface area contributed by atoms with Crippen molar-refractivity contribution < 1.29 is 28.6 Å². The summed E-state index contributed by atoms with van der Waals surface area (Å²) >= 11 is 0. The zero-order chi connectivity index (χ0) is 59.2. The van der Waals surface area contributed by atoms with Crippen LogP contribution in [0.2, 0.25) is 0 Å². The highest BCUT2D eigenvalue weighted by Crippen LogP contribution is 2.18. The van der Waals surface area contributed by atoms with E-state index >= 15 is 0 Å². The normalized spacial score (nSPS) is 12.6. The molecule has 474 valence electrons. The summed E-state index contributed by atoms with van der Waals surface area (Å²) in [6, 6.07) is 0. The van der Waals surface area contributed by atoms with Gasteiger partial charge in [0, 0.05) is 19.3 Å². The van der Waals surface area contributed by atoms with Gasteiger partial charge in [-0.05, 0) is 96.3 Å². The molecular weight excluding hydrogens is 1010 g/mol. The van der Waals surface area contributed by atoms with Gasteiger partial charge in [0.1, 0.15) is 13.2 Å². The minimum atomic E-state index is -0.776. The molecule has 0 bridgehead atoms. The predicted molar refractivity (Wildman–Crippen MR) is 358 cm³/mol. The number of unbranched alkanes of at least 4 members (excludes halogenated alkanes) is 40. The Hall–Kier alpha value is -3.41. The maximum absolute atomic E-state index is 12.9. The van der Waals surface area contributed by atoms with Gasteiger partial charge in [-0.25, -0.2) is 0 Å². The van der Waals surface area contributed by atoms with Crippen molar-refractivity contribution in [2.45, 2.75) is 367 Å². The molecule has 0 aliphatic rings. The molecule has 0 spiro atoms. The number of carbonyl (C=O) groups is 3. The summed E-state index contributed by atoms with van der Waals surface area (Å²) in [4.78, 5) is 38.4. The summed E-state index contributed by atoms with van der Waals surface area (Å²) in [5.74, 6) is -0.859. The average Bonchev–Trinajstić information content (AvgIpc) is 3.48. The Labute approximate surface area is 509 Å². The highest BCUT2D eigenvalue weighted by molar-refractivity contribution is 5.71. The zero-order valence-electron chi connectivity index (χ0n) is 54.5. The number of carbonyl (C=O) groups excluding carboxylic acids is 3. The SMILES string of the molecule is CC/C=C\C/C=C\C/C=C\C/C=C\C/C=C\CCCCCCCCCCCCCC(=O)OCC(COC(=O)CCCCCCCCCCCC)OC(=O)CCCCCCCCCCCCCCCCC/C=C\C/C=C\CCCCCCC. The molecule has 82 heavy (non-hydrogen) atoms. The first kappa shape index (κ1) is 78.6. The van der Waals surface area contributed by atoms with Crippen molar-refractivity contribution in [2.24, 2.45) is 0 Å². The van der Waals surface area contributed by atoms with Crippen LogP contribution in [-0.4, -0.2) is 37.2 Å². The number of ether oxygens (including phenoxy) is 3. The maximum Gasteiger partial charge on any atom is 0.306 e. The lowest BCUT2D eigenvalue weighted by Crippen LogP contribution is -2.30. The molecule has 1 unspecified atom stereocenters. The Bertz CT molecular complexity index is 1550. The molecule has 0 fully saturated rings. The second kappa shape index (κ2) is 70.1. The fourth-order valence-corrected chi connectivity index (χ4v) is 10.3. The standard InChI is InChI=1S/C76H134O6/c1-4-7-10-13-16-19-22-24-26-28-30-32-34-36-38-40-42-44-46-48-50-52-54-57-60-63-66-69-75(78)81-72-73(71-80-74(77)68-65-62-59-56-21-18-15-12-9-6-3)82-76(79)70-67-64-61-58-55-53-51-49-47-45-43-41-39-37-35-33-31-29-27-25-23-20-17-14-11-8-5-2/h7,10,16,19,23-26,29-32,36,38,73H,4-6,8-9,11-15,17-18,20-22,27-28,33-35,37,39-72H2,1-3H3/b10-7-,19-16-,25-23-,26-24-,31-29-,32-30-,38-36-. The molecule has 0 saturated carbocycles. The summed E-state index contributed by atoms with van der Waals surface area (Å²) in [6.07, 6.45) is 93.3. The molecule has 0 N–H and O–H groups in total. The number of esters is 3. The van der Waals surface area contributed by atoms with Crippen LogP contribution in [0.3, 0.4) is 0 Å². The second-order valence-electron chi connectivity index (χ2n) is 23.8. The van der Waals surface area contributed by atoms with Crippen LogP contribution < -0.4 is 0 Å². The van der Waals surface area contributed by atoms with Gasteiger partial charge in [-0.15, -0.1) is 0 Å². The fourth-order valence-electron chi connectivity index (χ4n) is 10.3. The molecule has 0 aliphatic heterocycles. The number of rotatable bonds is 65. The number of hydrogen-bond acceptors (Lipinski definition) is 6. The van der Waals surface area contributed by atoms with Crippen molar-refractivity contribution in [3.05, 3.63) is 85.1 Å². The molecule has 0 amide bonds. The molecule has 6 nitrogen and oxygen atoms in total. The summed E-state index contributed by atoms with van der Waals surface area (Å²) < 4.78 is 17.0. The van der Waals surface area contributed by atoms with Crippen molar-refractivity contribution in [1.29, 1.82) is 0 Å². The van der Waals surface area contributed by atoms with E-state index in [1.165, 1.54) is 225 Å². The first-order valence-corrected chi connectivity index (χ1v) is 35.6. The molecule has 0 radical (unpaired) electrons. The topological polar surface area (TPSA) is 78.9 Å². The van der Waals surface area contributed by atoms with E-state index in [9.17, 15) is 14.4 Å². The largest absolute Gasteiger partial charge is 0.462 e. The molecule has 0 rings (SSSR count). The van der Waals surface area contributed by atoms with Crippen LogP contribution in [0.5, 0.6) is 0 Å². The Morgan fingerprint density at radius 1 is 0.256 bits per heavy atom. The lowest BCUT2D eigenvalue weighted by Gasteiger charge is -2.18. The smallest absolute Gasteiger partial charge is 0.306 e. The predicted octanol–water partition coefficient (Wildman–Crippen LogP) is 24.6. The first-order valence-electron chi connectivity index (χ1n) is 35.6. The second-order valence-corrected chi connectivity index (χ2v) is 23.8. The molecule has 1 atom stereocenters. The van der Waals surface area contributed by atoms with Gasteiger partial charge in [-0.3, -0.25) is 14.4 Å². The van der Waals surface area contributed by atoms with E-state index in [1.807, 2.05) is 0 Å². The van der Waals surface area contributed by atoms with Crippen LogP contribution in [0.25, 0.3) is 0 Å². The van der Waals surface area contributed by atoms with E-state index in [0.29, 0.717) is 19.3 Å². The minimum Gasteiger partial charge on any atom is -0.462 e. The highest BCUT2D eigenvalue weighted by Gasteiger charge is 2.19. The van der Waals surface area contributed by atoms with Gasteiger partial charge >= 0.3 is 17.9 Å². The molecule has 0 aliphatic carbocycles. The van der Waals surface area contributed by atoms with Gasteiger partial charge < -0.3 is 14.2 Å². The van der Waals surface area contributed by atoms with E-state index in [-0.39, 0.29) is 31.1 Å². The third kappa shape index (κ3) is 67.4. The molecule has 0 saturated heterocycles. The van der Waals surface area contributed by atoms with Crippen LogP contribution in [-0.2, 0) is 28.6 Å². The fraction of sp³-hybridized carbons (Fsp3) is 0.776. The maximum atomic E-state index is 12.9. The van der Waals surface area contributed by atoms with Crippen molar-refractivity contribution in [2.75, 3.05) is 13.2 Å². The van der Waals surface area contributed by atoms with E-state index in [1.54, 1.807) is 0 Å². The summed E-state index contributed by atoms with van der Waals surface area (Å²) in [5, 5.41) is 0. The lowest BCUT2D eigenvalue weighted by atomic mass is 10.0. The molecule has 6 heteroatoms. The van der Waals surface area contributed by atoms with Gasteiger partial charge in [-0.2, -0.15) is 0 Å². The number of hydrogen-bond donors (Lipinski definition) is 0. The number of allylic oxidation sites excluding steroid dienone is 14.